The Bertz CT molecular complexity index is 203. The van der Waals surface area contributed by atoms with Crippen LogP contribution in [0, 0.1) is 11.8 Å². The van der Waals surface area contributed by atoms with Crippen molar-refractivity contribution < 1.29 is 14.6 Å². The Morgan fingerprint density at radius 3 is 2.80 bits per heavy atom. The van der Waals surface area contributed by atoms with E-state index in [1.807, 2.05) is 0 Å². The molecular weight excluding hydrogens is 192 g/mol. The van der Waals surface area contributed by atoms with Crippen LogP contribution in [0.4, 0.5) is 0 Å². The Kier molecular flexibility index (Phi) is 5.09. The van der Waals surface area contributed by atoms with E-state index in [-0.39, 0.29) is 12.5 Å². The molecule has 0 amide bonds. The third kappa shape index (κ3) is 3.82. The topological polar surface area (TPSA) is 46.5 Å². The van der Waals surface area contributed by atoms with Gasteiger partial charge in [0.15, 0.2) is 0 Å². The van der Waals surface area contributed by atoms with Crippen molar-refractivity contribution in [2.45, 2.75) is 52.1 Å². The van der Waals surface area contributed by atoms with Crippen molar-refractivity contribution in [3.05, 3.63) is 0 Å². The summed E-state index contributed by atoms with van der Waals surface area (Å²) in [4.78, 5) is 10.6. The molecule has 3 atom stereocenters. The minimum absolute atomic E-state index is 0.0610. The molecule has 0 spiro atoms. The molecule has 0 radical (unpaired) electrons. The highest BCUT2D eigenvalue weighted by molar-refractivity contribution is 5.67. The standard InChI is InChI=1S/C12H22O3/c1-3-4-5-6-10-8-15-11(9(10)2)7-12(13)14/h9-11H,3-8H2,1-2H3,(H,13,14)/t9?,10-,11?/m0/s1. The molecule has 1 heterocycles. The predicted molar refractivity (Wildman–Crippen MR) is 58.8 cm³/mol. The second-order valence-electron chi connectivity index (χ2n) is 4.58. The van der Waals surface area contributed by atoms with E-state index in [9.17, 15) is 4.79 Å². The van der Waals surface area contributed by atoms with Crippen LogP contribution in [-0.4, -0.2) is 23.8 Å². The lowest BCUT2D eigenvalue weighted by atomic mass is 9.87. The lowest BCUT2D eigenvalue weighted by Crippen LogP contribution is -2.20. The molecule has 0 saturated carbocycles. The van der Waals surface area contributed by atoms with Crippen LogP contribution >= 0.6 is 0 Å². The first kappa shape index (κ1) is 12.5. The summed E-state index contributed by atoms with van der Waals surface area (Å²) in [6, 6.07) is 0. The molecule has 1 aliphatic rings. The van der Waals surface area contributed by atoms with E-state index in [1.54, 1.807) is 0 Å². The van der Waals surface area contributed by atoms with Gasteiger partial charge in [-0.3, -0.25) is 4.79 Å². The molecule has 1 N–H and O–H groups in total. The Morgan fingerprint density at radius 1 is 1.47 bits per heavy atom. The zero-order chi connectivity index (χ0) is 11.3. The average Bonchev–Trinajstić information content (AvgIpc) is 2.49. The molecule has 1 fully saturated rings. The summed E-state index contributed by atoms with van der Waals surface area (Å²) in [5.74, 6) is 0.222. The number of unbranched alkanes of at least 4 members (excludes halogenated alkanes) is 2. The fourth-order valence-corrected chi connectivity index (χ4v) is 2.27. The molecule has 0 aliphatic carbocycles. The van der Waals surface area contributed by atoms with Gasteiger partial charge in [0.2, 0.25) is 0 Å². The molecule has 1 saturated heterocycles. The second-order valence-corrected chi connectivity index (χ2v) is 4.58. The zero-order valence-electron chi connectivity index (χ0n) is 9.74. The van der Waals surface area contributed by atoms with Crippen LogP contribution in [0.3, 0.4) is 0 Å². The average molecular weight is 214 g/mol. The van der Waals surface area contributed by atoms with Gasteiger partial charge in [-0.15, -0.1) is 0 Å². The van der Waals surface area contributed by atoms with Gasteiger partial charge < -0.3 is 9.84 Å². The molecule has 0 bridgehead atoms. The van der Waals surface area contributed by atoms with Crippen LogP contribution in [0.2, 0.25) is 0 Å². The third-order valence-corrected chi connectivity index (χ3v) is 3.41. The normalized spacial score (nSPS) is 30.7. The summed E-state index contributed by atoms with van der Waals surface area (Å²) in [5, 5.41) is 8.71. The monoisotopic (exact) mass is 214 g/mol. The van der Waals surface area contributed by atoms with Gasteiger partial charge in [-0.1, -0.05) is 33.1 Å². The largest absolute Gasteiger partial charge is 0.481 e. The van der Waals surface area contributed by atoms with Crippen molar-refractivity contribution >= 4 is 5.97 Å². The molecule has 0 aromatic heterocycles. The number of carboxylic acid groups (broad SMARTS) is 1. The summed E-state index contributed by atoms with van der Waals surface area (Å²) in [6.07, 6.45) is 5.03. The first-order valence-corrected chi connectivity index (χ1v) is 5.98. The molecule has 3 heteroatoms. The van der Waals surface area contributed by atoms with Gasteiger partial charge in [0.05, 0.1) is 19.1 Å². The molecule has 1 rings (SSSR count). The van der Waals surface area contributed by atoms with E-state index in [0.29, 0.717) is 11.8 Å². The fraction of sp³-hybridized carbons (Fsp3) is 0.917. The van der Waals surface area contributed by atoms with E-state index in [4.69, 9.17) is 9.84 Å². The summed E-state index contributed by atoms with van der Waals surface area (Å²) in [6.45, 7) is 5.07. The van der Waals surface area contributed by atoms with Crippen molar-refractivity contribution in [2.24, 2.45) is 11.8 Å². The van der Waals surface area contributed by atoms with Crippen LogP contribution in [0.15, 0.2) is 0 Å². The highest BCUT2D eigenvalue weighted by atomic mass is 16.5. The zero-order valence-corrected chi connectivity index (χ0v) is 9.74. The van der Waals surface area contributed by atoms with Gasteiger partial charge in [-0.2, -0.15) is 0 Å². The Hall–Kier alpha value is -0.570. The van der Waals surface area contributed by atoms with Crippen LogP contribution < -0.4 is 0 Å². The quantitative estimate of drug-likeness (QED) is 0.691. The van der Waals surface area contributed by atoms with E-state index >= 15 is 0 Å². The lowest BCUT2D eigenvalue weighted by Gasteiger charge is -2.16. The van der Waals surface area contributed by atoms with Gasteiger partial charge in [0, 0.05) is 0 Å². The third-order valence-electron chi connectivity index (χ3n) is 3.41. The van der Waals surface area contributed by atoms with Crippen molar-refractivity contribution in [3.63, 3.8) is 0 Å². The number of aliphatic carboxylic acids is 1. The van der Waals surface area contributed by atoms with Crippen LogP contribution in [0.25, 0.3) is 0 Å². The fourth-order valence-electron chi connectivity index (χ4n) is 2.27. The van der Waals surface area contributed by atoms with Gasteiger partial charge in [0.1, 0.15) is 0 Å². The predicted octanol–water partition coefficient (Wildman–Crippen LogP) is 2.69. The maximum absolute atomic E-state index is 10.6. The van der Waals surface area contributed by atoms with E-state index in [0.717, 1.165) is 6.61 Å². The number of hydrogen-bond acceptors (Lipinski definition) is 2. The number of rotatable bonds is 6. The summed E-state index contributed by atoms with van der Waals surface area (Å²) in [7, 11) is 0. The Labute approximate surface area is 91.8 Å². The molecule has 0 aromatic carbocycles. The van der Waals surface area contributed by atoms with Crippen LogP contribution in [0.1, 0.15) is 46.0 Å². The Balaban J connectivity index is 2.28. The van der Waals surface area contributed by atoms with Crippen LogP contribution in [-0.2, 0) is 9.53 Å². The smallest absolute Gasteiger partial charge is 0.305 e. The first-order chi connectivity index (χ1) is 7.15. The van der Waals surface area contributed by atoms with Gasteiger partial charge in [0.25, 0.3) is 0 Å². The number of hydrogen-bond donors (Lipinski definition) is 1. The molecule has 3 nitrogen and oxygen atoms in total. The SMILES string of the molecule is CCCCC[C@H]1COC(CC(=O)O)C1C. The van der Waals surface area contributed by atoms with Crippen molar-refractivity contribution in [1.29, 1.82) is 0 Å². The maximum atomic E-state index is 10.6. The number of carboxylic acids is 1. The van der Waals surface area contributed by atoms with Gasteiger partial charge in [-0.05, 0) is 18.3 Å². The van der Waals surface area contributed by atoms with Crippen molar-refractivity contribution in [3.8, 4) is 0 Å². The number of ether oxygens (including phenoxy) is 1. The molecule has 0 aromatic rings. The molecule has 2 unspecified atom stereocenters. The minimum atomic E-state index is -0.749. The van der Waals surface area contributed by atoms with Crippen molar-refractivity contribution in [1.82, 2.24) is 0 Å². The van der Waals surface area contributed by atoms with Gasteiger partial charge >= 0.3 is 5.97 Å². The molecule has 88 valence electrons. The maximum Gasteiger partial charge on any atom is 0.305 e. The highest BCUT2D eigenvalue weighted by Gasteiger charge is 2.34. The van der Waals surface area contributed by atoms with E-state index in [1.165, 1.54) is 25.7 Å². The second kappa shape index (κ2) is 6.11. The van der Waals surface area contributed by atoms with E-state index in [2.05, 4.69) is 13.8 Å². The molecule has 15 heavy (non-hydrogen) atoms. The highest BCUT2D eigenvalue weighted by Crippen LogP contribution is 2.32. The lowest BCUT2D eigenvalue weighted by molar-refractivity contribution is -0.139. The van der Waals surface area contributed by atoms with Crippen LogP contribution in [0.5, 0.6) is 0 Å². The molecular formula is C12H22O3. The molecule has 1 aliphatic heterocycles. The number of carbonyl (C=O) groups is 1. The summed E-state index contributed by atoms with van der Waals surface area (Å²) >= 11 is 0. The van der Waals surface area contributed by atoms with Gasteiger partial charge in [-0.25, -0.2) is 0 Å². The van der Waals surface area contributed by atoms with E-state index < -0.39 is 5.97 Å². The Morgan fingerprint density at radius 2 is 2.20 bits per heavy atom. The summed E-state index contributed by atoms with van der Waals surface area (Å²) < 4.78 is 5.54. The van der Waals surface area contributed by atoms with Crippen molar-refractivity contribution in [2.75, 3.05) is 6.61 Å². The first-order valence-electron chi connectivity index (χ1n) is 5.98. The minimum Gasteiger partial charge on any atom is -0.481 e. The summed E-state index contributed by atoms with van der Waals surface area (Å²) in [5.41, 5.74) is 0.